The summed E-state index contributed by atoms with van der Waals surface area (Å²) < 4.78 is 10.9. The van der Waals surface area contributed by atoms with Gasteiger partial charge in [0.2, 0.25) is 0 Å². The number of hydrogen-bond acceptors (Lipinski definition) is 4. The predicted octanol–water partition coefficient (Wildman–Crippen LogP) is 2.15. The molecule has 0 atom stereocenters. The summed E-state index contributed by atoms with van der Waals surface area (Å²) in [5.74, 6) is 0.502. The Bertz CT molecular complexity index is 377. The number of pyridine rings is 1. The molecule has 1 rings (SSSR count). The second-order valence-electron chi connectivity index (χ2n) is 4.29. The van der Waals surface area contributed by atoms with E-state index in [2.05, 4.69) is 4.98 Å². The van der Waals surface area contributed by atoms with E-state index < -0.39 is 0 Å². The topological polar surface area (TPSA) is 55.1 Å². The quantitative estimate of drug-likeness (QED) is 0.729. The number of nitrogens with zero attached hydrogens (tertiary/aromatic N) is 2. The van der Waals surface area contributed by atoms with Gasteiger partial charge in [0.25, 0.3) is 0 Å². The molecule has 0 aromatic carbocycles. The summed E-state index contributed by atoms with van der Waals surface area (Å²) in [6.45, 7) is 6.86. The van der Waals surface area contributed by atoms with Gasteiger partial charge in [-0.15, -0.1) is 0 Å². The van der Waals surface area contributed by atoms with E-state index in [0.29, 0.717) is 24.5 Å². The molecular formula is C12H16N2O2. The zero-order valence-electron chi connectivity index (χ0n) is 9.86. The zero-order chi connectivity index (χ0) is 12.0. The van der Waals surface area contributed by atoms with Gasteiger partial charge in [0.15, 0.2) is 5.75 Å². The van der Waals surface area contributed by atoms with Gasteiger partial charge in [-0.2, -0.15) is 5.26 Å². The van der Waals surface area contributed by atoms with Crippen molar-refractivity contribution in [3.05, 3.63) is 24.0 Å². The maximum Gasteiger partial charge on any atom is 0.155 e. The largest absolute Gasteiger partial charge is 0.488 e. The first-order valence-corrected chi connectivity index (χ1v) is 5.14. The lowest BCUT2D eigenvalue weighted by Crippen LogP contribution is -2.22. The molecule has 1 aromatic heterocycles. The Kier molecular flexibility index (Phi) is 4.27. The Balaban J connectivity index is 2.41. The molecule has 0 radical (unpaired) electrons. The highest BCUT2D eigenvalue weighted by Crippen LogP contribution is 2.15. The van der Waals surface area contributed by atoms with E-state index >= 15 is 0 Å². The van der Waals surface area contributed by atoms with Gasteiger partial charge in [-0.25, -0.2) is 0 Å². The second kappa shape index (κ2) is 5.47. The van der Waals surface area contributed by atoms with Crippen molar-refractivity contribution in [1.82, 2.24) is 4.98 Å². The molecule has 1 aromatic rings. The van der Waals surface area contributed by atoms with Crippen molar-refractivity contribution < 1.29 is 9.47 Å². The number of aromatic nitrogens is 1. The van der Waals surface area contributed by atoms with Crippen LogP contribution in [0, 0.1) is 11.3 Å². The van der Waals surface area contributed by atoms with Crippen molar-refractivity contribution in [2.45, 2.75) is 26.4 Å². The number of hydrogen-bond donors (Lipinski definition) is 0. The third-order valence-electron chi connectivity index (χ3n) is 1.78. The lowest BCUT2D eigenvalue weighted by Gasteiger charge is -2.19. The Hall–Kier alpha value is -1.60. The van der Waals surface area contributed by atoms with Crippen molar-refractivity contribution in [2.24, 2.45) is 0 Å². The van der Waals surface area contributed by atoms with Crippen LogP contribution in [0.15, 0.2) is 18.5 Å². The van der Waals surface area contributed by atoms with E-state index in [9.17, 15) is 0 Å². The van der Waals surface area contributed by atoms with Gasteiger partial charge in [0, 0.05) is 6.20 Å². The summed E-state index contributed by atoms with van der Waals surface area (Å²) in [4.78, 5) is 3.90. The second-order valence-corrected chi connectivity index (χ2v) is 4.29. The molecular weight excluding hydrogens is 204 g/mol. The van der Waals surface area contributed by atoms with Crippen LogP contribution in [-0.2, 0) is 4.74 Å². The van der Waals surface area contributed by atoms with Gasteiger partial charge >= 0.3 is 0 Å². The fourth-order valence-corrected chi connectivity index (χ4v) is 1.09. The van der Waals surface area contributed by atoms with Crippen LogP contribution in [0.3, 0.4) is 0 Å². The lowest BCUT2D eigenvalue weighted by molar-refractivity contribution is -0.0163. The average Bonchev–Trinajstić information content (AvgIpc) is 2.23. The van der Waals surface area contributed by atoms with Crippen molar-refractivity contribution >= 4 is 0 Å². The van der Waals surface area contributed by atoms with Gasteiger partial charge in [-0.1, -0.05) is 0 Å². The Morgan fingerprint density at radius 2 is 2.12 bits per heavy atom. The molecule has 0 aliphatic rings. The van der Waals surface area contributed by atoms with Gasteiger partial charge in [-0.3, -0.25) is 4.98 Å². The molecule has 0 aliphatic heterocycles. The average molecular weight is 220 g/mol. The molecule has 0 aliphatic carbocycles. The van der Waals surface area contributed by atoms with E-state index in [1.165, 1.54) is 6.20 Å². The van der Waals surface area contributed by atoms with Crippen LogP contribution >= 0.6 is 0 Å². The normalized spacial score (nSPS) is 10.9. The Morgan fingerprint density at radius 3 is 2.75 bits per heavy atom. The molecule has 0 spiro atoms. The van der Waals surface area contributed by atoms with Crippen molar-refractivity contribution in [3.8, 4) is 11.8 Å². The summed E-state index contributed by atoms with van der Waals surface area (Å²) in [6, 6.07) is 3.67. The first-order chi connectivity index (χ1) is 7.53. The van der Waals surface area contributed by atoms with Crippen LogP contribution in [-0.4, -0.2) is 23.8 Å². The van der Waals surface area contributed by atoms with Gasteiger partial charge in [-0.05, 0) is 26.8 Å². The summed E-state index contributed by atoms with van der Waals surface area (Å²) in [5.41, 5.74) is 0.321. The Morgan fingerprint density at radius 1 is 1.38 bits per heavy atom. The van der Waals surface area contributed by atoms with E-state index in [-0.39, 0.29) is 5.60 Å². The summed E-state index contributed by atoms with van der Waals surface area (Å²) in [7, 11) is 0. The minimum absolute atomic E-state index is 0.170. The molecule has 4 nitrogen and oxygen atoms in total. The van der Waals surface area contributed by atoms with E-state index in [4.69, 9.17) is 14.7 Å². The molecule has 0 saturated heterocycles. The molecule has 0 fully saturated rings. The van der Waals surface area contributed by atoms with Crippen LogP contribution in [0.1, 0.15) is 26.3 Å². The van der Waals surface area contributed by atoms with Crippen LogP contribution in [0.5, 0.6) is 5.75 Å². The molecule has 0 amide bonds. The van der Waals surface area contributed by atoms with Crippen LogP contribution in [0.2, 0.25) is 0 Å². The highest BCUT2D eigenvalue weighted by Gasteiger charge is 2.09. The number of rotatable bonds is 4. The molecule has 0 bridgehead atoms. The maximum absolute atomic E-state index is 8.82. The predicted molar refractivity (Wildman–Crippen MR) is 60.2 cm³/mol. The van der Waals surface area contributed by atoms with Crippen LogP contribution in [0.25, 0.3) is 0 Å². The molecule has 0 N–H and O–H groups in total. The van der Waals surface area contributed by atoms with Crippen LogP contribution < -0.4 is 4.74 Å². The summed E-state index contributed by atoms with van der Waals surface area (Å²) >= 11 is 0. The summed E-state index contributed by atoms with van der Waals surface area (Å²) in [5, 5.41) is 8.82. The first kappa shape index (κ1) is 12.5. The third-order valence-corrected chi connectivity index (χ3v) is 1.78. The fourth-order valence-electron chi connectivity index (χ4n) is 1.09. The Labute approximate surface area is 95.8 Å². The number of ether oxygens (including phenoxy) is 2. The molecule has 4 heteroatoms. The number of nitriles is 1. The van der Waals surface area contributed by atoms with Gasteiger partial charge in [0.05, 0.1) is 24.0 Å². The van der Waals surface area contributed by atoms with Crippen molar-refractivity contribution in [1.29, 1.82) is 5.26 Å². The maximum atomic E-state index is 8.82. The van der Waals surface area contributed by atoms with Gasteiger partial charge in [0.1, 0.15) is 12.7 Å². The zero-order valence-corrected chi connectivity index (χ0v) is 9.86. The van der Waals surface area contributed by atoms with Crippen molar-refractivity contribution in [3.63, 3.8) is 0 Å². The minimum atomic E-state index is -0.170. The van der Waals surface area contributed by atoms with E-state index in [0.717, 1.165) is 0 Å². The first-order valence-electron chi connectivity index (χ1n) is 5.14. The fraction of sp³-hybridized carbons (Fsp3) is 0.500. The van der Waals surface area contributed by atoms with E-state index in [1.807, 2.05) is 26.8 Å². The molecule has 1 heterocycles. The van der Waals surface area contributed by atoms with Gasteiger partial charge < -0.3 is 9.47 Å². The lowest BCUT2D eigenvalue weighted by atomic mass is 10.2. The summed E-state index contributed by atoms with van der Waals surface area (Å²) in [6.07, 6.45) is 3.10. The standard InChI is InChI=1S/C12H16N2O2/c1-12(2,3)16-7-6-15-11-9-14-5-4-10(11)8-13/h4-5,9H,6-7H2,1-3H3. The highest BCUT2D eigenvalue weighted by atomic mass is 16.5. The molecule has 16 heavy (non-hydrogen) atoms. The molecule has 0 saturated carbocycles. The van der Waals surface area contributed by atoms with Crippen molar-refractivity contribution in [2.75, 3.05) is 13.2 Å². The highest BCUT2D eigenvalue weighted by molar-refractivity contribution is 5.40. The third kappa shape index (κ3) is 4.28. The molecule has 86 valence electrons. The SMILES string of the molecule is CC(C)(C)OCCOc1cnccc1C#N. The minimum Gasteiger partial charge on any atom is -0.488 e. The molecule has 0 unspecified atom stereocenters. The smallest absolute Gasteiger partial charge is 0.155 e. The monoisotopic (exact) mass is 220 g/mol. The van der Waals surface area contributed by atoms with Crippen LogP contribution in [0.4, 0.5) is 0 Å². The van der Waals surface area contributed by atoms with E-state index in [1.54, 1.807) is 12.3 Å².